The van der Waals surface area contributed by atoms with Crippen molar-refractivity contribution in [2.24, 2.45) is 5.92 Å². The fourth-order valence-corrected chi connectivity index (χ4v) is 2.74. The van der Waals surface area contributed by atoms with Gasteiger partial charge in [0, 0.05) is 24.2 Å². The standard InChI is InChI=1S/C16H17FN2O3/c17-19-15(20)8-9-18(16(19)21)14-7-6-13(14)11-22-10-12-4-2-1-3-5-12/h1-5,8-9,13-14H,6-7,10-11H2/t13-,14-/m1/s1. The molecule has 1 saturated carbocycles. The molecule has 0 amide bonds. The Kier molecular flexibility index (Phi) is 4.20. The van der Waals surface area contributed by atoms with Crippen LogP contribution in [-0.2, 0) is 11.3 Å². The number of rotatable bonds is 5. The van der Waals surface area contributed by atoms with E-state index in [1.807, 2.05) is 30.3 Å². The molecular formula is C16H17FN2O3. The molecule has 2 atom stereocenters. The van der Waals surface area contributed by atoms with Gasteiger partial charge < -0.3 is 4.74 Å². The highest BCUT2D eigenvalue weighted by Gasteiger charge is 2.33. The second-order valence-corrected chi connectivity index (χ2v) is 5.53. The Balaban J connectivity index is 1.62. The van der Waals surface area contributed by atoms with E-state index in [9.17, 15) is 14.1 Å². The molecule has 116 valence electrons. The van der Waals surface area contributed by atoms with Crippen LogP contribution in [-0.4, -0.2) is 16.0 Å². The Morgan fingerprint density at radius 1 is 1.14 bits per heavy atom. The summed E-state index contributed by atoms with van der Waals surface area (Å²) in [5.41, 5.74) is -0.754. The molecule has 5 nitrogen and oxygen atoms in total. The summed E-state index contributed by atoms with van der Waals surface area (Å²) >= 11 is 0. The van der Waals surface area contributed by atoms with E-state index in [0.717, 1.165) is 24.5 Å². The lowest BCUT2D eigenvalue weighted by molar-refractivity contribution is 0.0252. The van der Waals surface area contributed by atoms with Gasteiger partial charge in [0.25, 0.3) is 5.56 Å². The molecule has 0 N–H and O–H groups in total. The first-order valence-electron chi connectivity index (χ1n) is 7.29. The topological polar surface area (TPSA) is 53.2 Å². The highest BCUT2D eigenvalue weighted by Crippen LogP contribution is 2.37. The molecule has 1 aromatic heterocycles. The van der Waals surface area contributed by atoms with Crippen LogP contribution in [0.5, 0.6) is 0 Å². The molecule has 1 aliphatic rings. The van der Waals surface area contributed by atoms with Gasteiger partial charge in [-0.25, -0.2) is 4.79 Å². The van der Waals surface area contributed by atoms with E-state index in [1.165, 1.54) is 10.8 Å². The number of ether oxygens (including phenoxy) is 1. The second-order valence-electron chi connectivity index (χ2n) is 5.53. The van der Waals surface area contributed by atoms with Crippen molar-refractivity contribution in [3.63, 3.8) is 0 Å². The zero-order chi connectivity index (χ0) is 15.5. The molecule has 22 heavy (non-hydrogen) atoms. The molecule has 1 heterocycles. The summed E-state index contributed by atoms with van der Waals surface area (Å²) in [6.07, 6.45) is 3.09. The smallest absolute Gasteiger partial charge is 0.360 e. The quantitative estimate of drug-likeness (QED) is 0.848. The minimum atomic E-state index is -0.933. The van der Waals surface area contributed by atoms with Crippen molar-refractivity contribution in [3.05, 3.63) is 69.0 Å². The Morgan fingerprint density at radius 2 is 1.91 bits per heavy atom. The predicted molar refractivity (Wildman–Crippen MR) is 79.3 cm³/mol. The number of nitrogens with zero attached hydrogens (tertiary/aromatic N) is 2. The molecular weight excluding hydrogens is 287 g/mol. The normalized spacial score (nSPS) is 20.6. The van der Waals surface area contributed by atoms with E-state index in [-0.39, 0.29) is 16.7 Å². The maximum Gasteiger partial charge on any atom is 0.360 e. The van der Waals surface area contributed by atoms with Crippen LogP contribution >= 0.6 is 0 Å². The molecule has 0 radical (unpaired) electrons. The summed E-state index contributed by atoms with van der Waals surface area (Å²) in [6, 6.07) is 10.8. The third-order valence-electron chi connectivity index (χ3n) is 4.14. The summed E-state index contributed by atoms with van der Waals surface area (Å²) in [6.45, 7) is 1.03. The molecule has 0 aliphatic heterocycles. The minimum Gasteiger partial charge on any atom is -0.376 e. The van der Waals surface area contributed by atoms with Gasteiger partial charge in [-0.05, 0) is 18.4 Å². The minimum absolute atomic E-state index is 0.106. The largest absolute Gasteiger partial charge is 0.376 e. The summed E-state index contributed by atoms with van der Waals surface area (Å²) in [5, 5.41) is 0. The van der Waals surface area contributed by atoms with Crippen molar-refractivity contribution in [2.75, 3.05) is 6.61 Å². The van der Waals surface area contributed by atoms with Crippen LogP contribution in [0, 0.1) is 5.92 Å². The molecule has 2 aromatic rings. The van der Waals surface area contributed by atoms with E-state index >= 15 is 0 Å². The van der Waals surface area contributed by atoms with Gasteiger partial charge in [-0.15, -0.1) is 0 Å². The molecule has 1 aromatic carbocycles. The summed E-state index contributed by atoms with van der Waals surface area (Å²) < 4.78 is 20.3. The first kappa shape index (κ1) is 14.7. The number of hydrogen-bond donors (Lipinski definition) is 0. The maximum absolute atomic E-state index is 13.4. The fraction of sp³-hybridized carbons (Fsp3) is 0.375. The highest BCUT2D eigenvalue weighted by molar-refractivity contribution is 5.13. The lowest BCUT2D eigenvalue weighted by Crippen LogP contribution is -2.43. The van der Waals surface area contributed by atoms with Crippen LogP contribution in [0.2, 0.25) is 0 Å². The van der Waals surface area contributed by atoms with Crippen molar-refractivity contribution in [3.8, 4) is 0 Å². The molecule has 1 fully saturated rings. The molecule has 1 aliphatic carbocycles. The first-order valence-corrected chi connectivity index (χ1v) is 7.29. The average molecular weight is 304 g/mol. The van der Waals surface area contributed by atoms with Crippen LogP contribution in [0.1, 0.15) is 24.4 Å². The van der Waals surface area contributed by atoms with Gasteiger partial charge in [-0.2, -0.15) is 0 Å². The zero-order valence-corrected chi connectivity index (χ0v) is 12.0. The number of benzene rings is 1. The molecule has 0 unspecified atom stereocenters. The Labute approximate surface area is 126 Å². The highest BCUT2D eigenvalue weighted by atomic mass is 19.2. The lowest BCUT2D eigenvalue weighted by Gasteiger charge is -2.37. The third kappa shape index (κ3) is 2.87. The number of hydrogen-bond acceptors (Lipinski definition) is 3. The summed E-state index contributed by atoms with van der Waals surface area (Å²) in [4.78, 5) is 22.5. The van der Waals surface area contributed by atoms with Crippen molar-refractivity contribution in [1.82, 2.24) is 9.36 Å². The lowest BCUT2D eigenvalue weighted by atomic mass is 9.80. The Hall–Kier alpha value is -2.21. The third-order valence-corrected chi connectivity index (χ3v) is 4.14. The van der Waals surface area contributed by atoms with Gasteiger partial charge in [0.05, 0.1) is 13.2 Å². The van der Waals surface area contributed by atoms with E-state index in [4.69, 9.17) is 4.74 Å². The zero-order valence-electron chi connectivity index (χ0n) is 12.0. The van der Waals surface area contributed by atoms with Gasteiger partial charge in [0.1, 0.15) is 0 Å². The van der Waals surface area contributed by atoms with Gasteiger partial charge in [-0.3, -0.25) is 9.36 Å². The van der Waals surface area contributed by atoms with Gasteiger partial charge in [-0.1, -0.05) is 39.6 Å². The molecule has 3 rings (SSSR count). The SMILES string of the molecule is O=c1ccn([C@@H]2CC[C@@H]2COCc2ccccc2)c(=O)n1F. The Morgan fingerprint density at radius 3 is 2.59 bits per heavy atom. The number of halogens is 1. The van der Waals surface area contributed by atoms with Crippen molar-refractivity contribution in [2.45, 2.75) is 25.5 Å². The van der Waals surface area contributed by atoms with Gasteiger partial charge in [0.2, 0.25) is 0 Å². The second kappa shape index (κ2) is 6.27. The molecule has 6 heteroatoms. The van der Waals surface area contributed by atoms with E-state index in [2.05, 4.69) is 0 Å². The van der Waals surface area contributed by atoms with Crippen LogP contribution in [0.25, 0.3) is 0 Å². The fourth-order valence-electron chi connectivity index (χ4n) is 2.74. The van der Waals surface area contributed by atoms with Gasteiger partial charge in [0.15, 0.2) is 0 Å². The van der Waals surface area contributed by atoms with E-state index < -0.39 is 11.2 Å². The first-order chi connectivity index (χ1) is 10.7. The van der Waals surface area contributed by atoms with Crippen LogP contribution in [0.4, 0.5) is 4.48 Å². The molecule has 0 saturated heterocycles. The summed E-state index contributed by atoms with van der Waals surface area (Å²) in [5.74, 6) is 0.166. The average Bonchev–Trinajstić information content (AvgIpc) is 2.52. The molecule has 0 bridgehead atoms. The summed E-state index contributed by atoms with van der Waals surface area (Å²) in [7, 11) is 0. The monoisotopic (exact) mass is 304 g/mol. The molecule has 0 spiro atoms. The van der Waals surface area contributed by atoms with Crippen molar-refractivity contribution < 1.29 is 9.22 Å². The Bertz CT molecular complexity index is 754. The van der Waals surface area contributed by atoms with Crippen LogP contribution in [0.15, 0.2) is 52.2 Å². The van der Waals surface area contributed by atoms with E-state index in [0.29, 0.717) is 13.2 Å². The van der Waals surface area contributed by atoms with Gasteiger partial charge >= 0.3 is 5.69 Å². The van der Waals surface area contributed by atoms with Crippen molar-refractivity contribution in [1.29, 1.82) is 0 Å². The predicted octanol–water partition coefficient (Wildman–Crippen LogP) is 1.91. The van der Waals surface area contributed by atoms with Crippen LogP contribution < -0.4 is 11.2 Å². The van der Waals surface area contributed by atoms with Crippen molar-refractivity contribution >= 4 is 0 Å². The van der Waals surface area contributed by atoms with E-state index in [1.54, 1.807) is 0 Å². The number of aromatic nitrogens is 2. The van der Waals surface area contributed by atoms with Crippen LogP contribution in [0.3, 0.4) is 0 Å². The maximum atomic E-state index is 13.4.